The fourth-order valence-corrected chi connectivity index (χ4v) is 6.16. The summed E-state index contributed by atoms with van der Waals surface area (Å²) in [6.07, 6.45) is -1.66. The number of amides is 1. The van der Waals surface area contributed by atoms with E-state index in [1.54, 1.807) is 0 Å². The van der Waals surface area contributed by atoms with Gasteiger partial charge in [-0.1, -0.05) is 43.8 Å². The molecule has 0 saturated carbocycles. The van der Waals surface area contributed by atoms with Gasteiger partial charge in [0.25, 0.3) is 0 Å². The highest BCUT2D eigenvalue weighted by Gasteiger charge is 2.32. The predicted octanol–water partition coefficient (Wildman–Crippen LogP) is 2.91. The van der Waals surface area contributed by atoms with Crippen LogP contribution >= 0.6 is 11.8 Å². The molecule has 1 amide bonds. The fourth-order valence-electron chi connectivity index (χ4n) is 3.53. The first-order valence-electron chi connectivity index (χ1n) is 11.5. The van der Waals surface area contributed by atoms with Crippen molar-refractivity contribution in [1.82, 2.24) is 9.62 Å². The van der Waals surface area contributed by atoms with Gasteiger partial charge in [0.05, 0.1) is 24.2 Å². The topological polar surface area (TPSA) is 131 Å². The number of carbonyl (C=O) groups excluding carboxylic acids is 1. The second-order valence-corrected chi connectivity index (χ2v) is 11.9. The van der Waals surface area contributed by atoms with Crippen molar-refractivity contribution in [2.24, 2.45) is 5.92 Å². The largest absolute Gasteiger partial charge is 0.444 e. The van der Waals surface area contributed by atoms with Crippen LogP contribution in [0.15, 0.2) is 64.4 Å². The number of ether oxygens (including phenoxy) is 2. The zero-order chi connectivity index (χ0) is 25.4. The van der Waals surface area contributed by atoms with Crippen molar-refractivity contribution in [3.8, 4) is 0 Å². The van der Waals surface area contributed by atoms with Gasteiger partial charge in [0.1, 0.15) is 11.5 Å². The van der Waals surface area contributed by atoms with Gasteiger partial charge in [-0.15, -0.1) is 0 Å². The molecule has 192 valence electrons. The molecule has 4 N–H and O–H groups in total. The van der Waals surface area contributed by atoms with Crippen molar-refractivity contribution in [2.75, 3.05) is 32.0 Å². The second-order valence-electron chi connectivity index (χ2n) is 8.74. The molecule has 0 bridgehead atoms. The van der Waals surface area contributed by atoms with E-state index in [-0.39, 0.29) is 30.0 Å². The molecule has 1 aliphatic heterocycles. The van der Waals surface area contributed by atoms with E-state index < -0.39 is 27.6 Å². The Balaban J connectivity index is 1.80. The lowest BCUT2D eigenvalue weighted by Gasteiger charge is -2.30. The molecule has 0 unspecified atom stereocenters. The highest BCUT2D eigenvalue weighted by atomic mass is 32.2. The van der Waals surface area contributed by atoms with Crippen molar-refractivity contribution in [2.45, 2.75) is 47.6 Å². The van der Waals surface area contributed by atoms with Crippen LogP contribution in [-0.2, 0) is 19.5 Å². The Kier molecular flexibility index (Phi) is 9.81. The molecule has 1 fully saturated rings. The molecule has 3 atom stereocenters. The van der Waals surface area contributed by atoms with Crippen LogP contribution in [0.25, 0.3) is 0 Å². The van der Waals surface area contributed by atoms with E-state index in [4.69, 9.17) is 15.2 Å². The van der Waals surface area contributed by atoms with Gasteiger partial charge in [-0.25, -0.2) is 13.2 Å². The molecule has 0 spiro atoms. The van der Waals surface area contributed by atoms with Crippen LogP contribution in [-0.4, -0.2) is 67.8 Å². The van der Waals surface area contributed by atoms with E-state index in [0.29, 0.717) is 25.3 Å². The van der Waals surface area contributed by atoms with Gasteiger partial charge in [0, 0.05) is 30.1 Å². The highest BCUT2D eigenvalue weighted by Crippen LogP contribution is 2.26. The molecular weight excluding hydrogens is 490 g/mol. The number of benzene rings is 2. The number of rotatable bonds is 11. The van der Waals surface area contributed by atoms with Crippen molar-refractivity contribution in [3.05, 3.63) is 54.6 Å². The summed E-state index contributed by atoms with van der Waals surface area (Å²) in [5, 5.41) is 13.0. The van der Waals surface area contributed by atoms with Crippen LogP contribution in [0.4, 0.5) is 10.5 Å². The van der Waals surface area contributed by atoms with E-state index >= 15 is 0 Å². The predicted molar refractivity (Wildman–Crippen MR) is 135 cm³/mol. The molecule has 0 aromatic heterocycles. The number of hydrogen-bond donors (Lipinski definition) is 3. The Hall–Kier alpha value is -2.31. The van der Waals surface area contributed by atoms with Gasteiger partial charge in [0.2, 0.25) is 10.0 Å². The minimum atomic E-state index is -3.91. The molecule has 2 aromatic carbocycles. The normalized spacial score (nSPS) is 17.9. The maximum atomic E-state index is 13.4. The summed E-state index contributed by atoms with van der Waals surface area (Å²) in [7, 11) is -3.91. The summed E-state index contributed by atoms with van der Waals surface area (Å²) in [6, 6.07) is 15.2. The van der Waals surface area contributed by atoms with E-state index in [9.17, 15) is 18.3 Å². The first-order chi connectivity index (χ1) is 16.6. The van der Waals surface area contributed by atoms with Gasteiger partial charge in [-0.3, -0.25) is 0 Å². The van der Waals surface area contributed by atoms with Crippen molar-refractivity contribution < 1.29 is 27.8 Å². The Morgan fingerprint density at radius 3 is 2.49 bits per heavy atom. The Morgan fingerprint density at radius 2 is 1.89 bits per heavy atom. The minimum absolute atomic E-state index is 0.00581. The summed E-state index contributed by atoms with van der Waals surface area (Å²) in [5.74, 6) is 0.00581. The number of nitrogens with two attached hydrogens (primary N) is 1. The molecule has 0 aliphatic carbocycles. The zero-order valence-electron chi connectivity index (χ0n) is 19.9. The number of carbonyl (C=O) groups is 1. The van der Waals surface area contributed by atoms with Crippen molar-refractivity contribution in [1.29, 1.82) is 0 Å². The number of anilines is 1. The van der Waals surface area contributed by atoms with E-state index in [1.165, 1.54) is 40.3 Å². The first kappa shape index (κ1) is 27.3. The molecule has 35 heavy (non-hydrogen) atoms. The first-order valence-corrected chi connectivity index (χ1v) is 13.8. The third kappa shape index (κ3) is 8.11. The second kappa shape index (κ2) is 12.6. The molecule has 3 rings (SSSR count). The number of nitrogens with zero attached hydrogens (tertiary/aromatic N) is 1. The average molecular weight is 524 g/mol. The molecule has 9 nitrogen and oxygen atoms in total. The van der Waals surface area contributed by atoms with Crippen LogP contribution in [0.3, 0.4) is 0 Å². The van der Waals surface area contributed by atoms with E-state index in [1.807, 2.05) is 44.2 Å². The maximum Gasteiger partial charge on any atom is 0.408 e. The lowest BCUT2D eigenvalue weighted by molar-refractivity contribution is 0.0743. The SMILES string of the molecule is CC(C)CN(C[C@@H](O)[C@H](NC(=O)O[C@@H]1CCOC1)Sc1ccccc1)S(=O)(=O)c1ccc(N)cc1. The summed E-state index contributed by atoms with van der Waals surface area (Å²) < 4.78 is 38.7. The van der Waals surface area contributed by atoms with Gasteiger partial charge in [0.15, 0.2) is 0 Å². The lowest BCUT2D eigenvalue weighted by Crippen LogP contribution is -2.49. The quantitative estimate of drug-likeness (QED) is 0.233. The van der Waals surface area contributed by atoms with Crippen LogP contribution in [0.5, 0.6) is 0 Å². The summed E-state index contributed by atoms with van der Waals surface area (Å²) in [6.45, 7) is 4.61. The summed E-state index contributed by atoms with van der Waals surface area (Å²) >= 11 is 1.22. The van der Waals surface area contributed by atoms with Crippen molar-refractivity contribution in [3.63, 3.8) is 0 Å². The monoisotopic (exact) mass is 523 g/mol. The van der Waals surface area contributed by atoms with Crippen LogP contribution in [0.1, 0.15) is 20.3 Å². The fraction of sp³-hybridized carbons (Fsp3) is 0.458. The Bertz CT molecular complexity index is 1040. The molecule has 2 aromatic rings. The van der Waals surface area contributed by atoms with Crippen LogP contribution < -0.4 is 11.1 Å². The molecule has 0 radical (unpaired) electrons. The number of nitrogens with one attached hydrogen (secondary N) is 1. The Labute approximate surface area is 211 Å². The number of thioether (sulfide) groups is 1. The molecule has 1 heterocycles. The minimum Gasteiger partial charge on any atom is -0.444 e. The zero-order valence-corrected chi connectivity index (χ0v) is 21.5. The van der Waals surface area contributed by atoms with E-state index in [0.717, 1.165) is 4.90 Å². The van der Waals surface area contributed by atoms with Gasteiger partial charge < -0.3 is 25.6 Å². The molecule has 11 heteroatoms. The van der Waals surface area contributed by atoms with Gasteiger partial charge in [-0.2, -0.15) is 4.31 Å². The van der Waals surface area contributed by atoms with Crippen LogP contribution in [0, 0.1) is 5.92 Å². The summed E-state index contributed by atoms with van der Waals surface area (Å²) in [4.78, 5) is 13.4. The lowest BCUT2D eigenvalue weighted by atomic mass is 10.2. The van der Waals surface area contributed by atoms with Gasteiger partial charge >= 0.3 is 6.09 Å². The highest BCUT2D eigenvalue weighted by molar-refractivity contribution is 8.00. The van der Waals surface area contributed by atoms with Crippen LogP contribution in [0.2, 0.25) is 0 Å². The number of alkyl carbamates (subject to hydrolysis) is 1. The molecule has 1 aliphatic rings. The average Bonchev–Trinajstić information content (AvgIpc) is 3.31. The van der Waals surface area contributed by atoms with Gasteiger partial charge in [-0.05, 0) is 42.3 Å². The van der Waals surface area contributed by atoms with E-state index in [2.05, 4.69) is 5.32 Å². The molecular formula is C24H33N3O6S2. The summed E-state index contributed by atoms with van der Waals surface area (Å²) in [5.41, 5.74) is 6.17. The smallest absolute Gasteiger partial charge is 0.408 e. The maximum absolute atomic E-state index is 13.4. The molecule has 1 saturated heterocycles. The third-order valence-corrected chi connectivity index (χ3v) is 8.33. The number of aliphatic hydroxyl groups is 1. The standard InChI is InChI=1S/C24H33N3O6S2/c1-17(2)14-27(35(30,31)21-10-8-18(25)9-11-21)15-22(28)23(34-20-6-4-3-5-7-20)26-24(29)33-19-12-13-32-16-19/h3-11,17,19,22-23,28H,12-16,25H2,1-2H3,(H,26,29)/t19-,22-,23-/m1/s1. The number of aliphatic hydroxyl groups excluding tert-OH is 1. The number of sulfonamides is 1. The number of nitrogen functional groups attached to an aromatic ring is 1. The third-order valence-electron chi connectivity index (χ3n) is 5.25. The Morgan fingerprint density at radius 1 is 1.20 bits per heavy atom. The van der Waals surface area contributed by atoms with Crippen molar-refractivity contribution >= 4 is 33.6 Å². The number of hydrogen-bond acceptors (Lipinski definition) is 8.